The number of benzene rings is 2. The molecule has 4 rings (SSSR count). The number of nitrogens with zero attached hydrogens (tertiary/aromatic N) is 5. The van der Waals surface area contributed by atoms with Crippen LogP contribution in [0.15, 0.2) is 54.6 Å². The Morgan fingerprint density at radius 2 is 1.78 bits per heavy atom. The van der Waals surface area contributed by atoms with Crippen LogP contribution < -0.4 is 10.2 Å². The highest BCUT2D eigenvalue weighted by Gasteiger charge is 2.19. The van der Waals surface area contributed by atoms with Gasteiger partial charge in [-0.2, -0.15) is 10.4 Å². The third-order valence-corrected chi connectivity index (χ3v) is 5.49. The van der Waals surface area contributed by atoms with Crippen molar-refractivity contribution >= 4 is 17.4 Å². The lowest BCUT2D eigenvalue weighted by molar-refractivity contribution is -0.117. The Labute approximate surface area is 186 Å². The SMILES string of the molecule is Cc1cc(NC(=O)CN2CCCN(c3ccc(C#N)cc3)CC2)n(-c2ccc(F)cc2)n1. The van der Waals surface area contributed by atoms with Gasteiger partial charge in [0.15, 0.2) is 0 Å². The second-order valence-electron chi connectivity index (χ2n) is 7.88. The molecule has 0 aliphatic carbocycles. The number of rotatable bonds is 5. The maximum absolute atomic E-state index is 13.3. The van der Waals surface area contributed by atoms with Crippen molar-refractivity contribution in [2.24, 2.45) is 0 Å². The average molecular weight is 433 g/mol. The molecule has 1 amide bonds. The van der Waals surface area contributed by atoms with E-state index in [-0.39, 0.29) is 18.3 Å². The normalized spacial score (nSPS) is 14.6. The number of hydrogen-bond donors (Lipinski definition) is 1. The lowest BCUT2D eigenvalue weighted by atomic mass is 10.2. The van der Waals surface area contributed by atoms with E-state index in [0.29, 0.717) is 17.1 Å². The predicted molar refractivity (Wildman–Crippen MR) is 121 cm³/mol. The van der Waals surface area contributed by atoms with Crippen LogP contribution in [0.25, 0.3) is 5.69 Å². The average Bonchev–Trinajstić information content (AvgIpc) is 3.00. The van der Waals surface area contributed by atoms with Crippen molar-refractivity contribution in [3.05, 3.63) is 71.7 Å². The van der Waals surface area contributed by atoms with Crippen LogP contribution in [0.1, 0.15) is 17.7 Å². The number of nitrogens with one attached hydrogen (secondary N) is 1. The molecule has 164 valence electrons. The summed E-state index contributed by atoms with van der Waals surface area (Å²) in [6.45, 7) is 5.45. The number of carbonyl (C=O) groups is 1. The minimum absolute atomic E-state index is 0.111. The number of nitriles is 1. The van der Waals surface area contributed by atoms with Crippen LogP contribution in [0.3, 0.4) is 0 Å². The Bertz CT molecular complexity index is 1120. The molecule has 1 aliphatic heterocycles. The second-order valence-corrected chi connectivity index (χ2v) is 7.88. The Kier molecular flexibility index (Phi) is 6.47. The standard InChI is InChI=1S/C24H25FN6O/c1-18-15-23(31(28-18)22-9-5-20(25)6-10-22)27-24(32)17-29-11-2-12-30(14-13-29)21-7-3-19(16-26)4-8-21/h3-10,15H,2,11-14,17H2,1H3,(H,27,32). The van der Waals surface area contributed by atoms with E-state index in [1.165, 1.54) is 12.1 Å². The van der Waals surface area contributed by atoms with Gasteiger partial charge in [-0.05, 0) is 61.9 Å². The summed E-state index contributed by atoms with van der Waals surface area (Å²) in [5.74, 6) is 0.132. The zero-order valence-corrected chi connectivity index (χ0v) is 18.0. The Morgan fingerprint density at radius 1 is 1.06 bits per heavy atom. The molecule has 1 aromatic heterocycles. The molecule has 3 aromatic rings. The molecule has 0 atom stereocenters. The van der Waals surface area contributed by atoms with Gasteiger partial charge in [-0.15, -0.1) is 0 Å². The number of aromatic nitrogens is 2. The molecule has 0 spiro atoms. The Balaban J connectivity index is 1.37. The van der Waals surface area contributed by atoms with Gasteiger partial charge in [0.25, 0.3) is 0 Å². The molecule has 1 aliphatic rings. The maximum atomic E-state index is 13.3. The maximum Gasteiger partial charge on any atom is 0.239 e. The van der Waals surface area contributed by atoms with Crippen molar-refractivity contribution in [2.45, 2.75) is 13.3 Å². The summed E-state index contributed by atoms with van der Waals surface area (Å²) in [6.07, 6.45) is 0.944. The number of halogens is 1. The number of hydrogen-bond acceptors (Lipinski definition) is 5. The van der Waals surface area contributed by atoms with E-state index in [2.05, 4.69) is 26.3 Å². The van der Waals surface area contributed by atoms with Gasteiger partial charge in [0.1, 0.15) is 11.6 Å². The topological polar surface area (TPSA) is 77.2 Å². The molecule has 32 heavy (non-hydrogen) atoms. The number of aryl methyl sites for hydroxylation is 1. The fraction of sp³-hybridized carbons (Fsp3) is 0.292. The third kappa shape index (κ3) is 5.13. The van der Waals surface area contributed by atoms with Gasteiger partial charge in [0.05, 0.1) is 29.6 Å². The van der Waals surface area contributed by atoms with Crippen molar-refractivity contribution in [3.63, 3.8) is 0 Å². The van der Waals surface area contributed by atoms with Crippen LogP contribution in [-0.4, -0.2) is 53.3 Å². The first kappa shape index (κ1) is 21.5. The molecule has 0 saturated carbocycles. The Hall–Kier alpha value is -3.70. The molecule has 1 N–H and O–H groups in total. The van der Waals surface area contributed by atoms with Crippen molar-refractivity contribution in [1.82, 2.24) is 14.7 Å². The molecule has 0 unspecified atom stereocenters. The van der Waals surface area contributed by atoms with Gasteiger partial charge in [0.2, 0.25) is 5.91 Å². The highest BCUT2D eigenvalue weighted by molar-refractivity contribution is 5.91. The van der Waals surface area contributed by atoms with E-state index in [0.717, 1.165) is 44.0 Å². The van der Waals surface area contributed by atoms with Gasteiger partial charge < -0.3 is 10.2 Å². The van der Waals surface area contributed by atoms with Crippen molar-refractivity contribution in [3.8, 4) is 11.8 Å². The van der Waals surface area contributed by atoms with Crippen LogP contribution in [0.4, 0.5) is 15.9 Å². The summed E-state index contributed by atoms with van der Waals surface area (Å²) in [5, 5.41) is 16.3. The molecule has 1 saturated heterocycles. The van der Waals surface area contributed by atoms with Crippen molar-refractivity contribution < 1.29 is 9.18 Å². The number of anilines is 2. The predicted octanol–water partition coefficient (Wildman–Crippen LogP) is 3.34. The lowest BCUT2D eigenvalue weighted by Crippen LogP contribution is -2.36. The quantitative estimate of drug-likeness (QED) is 0.669. The fourth-order valence-electron chi connectivity index (χ4n) is 3.89. The van der Waals surface area contributed by atoms with Gasteiger partial charge in [-0.3, -0.25) is 9.69 Å². The highest BCUT2D eigenvalue weighted by atomic mass is 19.1. The van der Waals surface area contributed by atoms with Gasteiger partial charge in [0, 0.05) is 37.9 Å². The first-order valence-electron chi connectivity index (χ1n) is 10.6. The number of carbonyl (C=O) groups excluding carboxylic acids is 1. The molecular formula is C24H25FN6O. The smallest absolute Gasteiger partial charge is 0.239 e. The van der Waals surface area contributed by atoms with Crippen LogP contribution in [-0.2, 0) is 4.79 Å². The summed E-state index contributed by atoms with van der Waals surface area (Å²) in [4.78, 5) is 17.2. The minimum Gasteiger partial charge on any atom is -0.370 e. The summed E-state index contributed by atoms with van der Waals surface area (Å²) >= 11 is 0. The first-order chi connectivity index (χ1) is 15.5. The van der Waals surface area contributed by atoms with Crippen LogP contribution in [0.2, 0.25) is 0 Å². The molecule has 1 fully saturated rings. The van der Waals surface area contributed by atoms with E-state index in [4.69, 9.17) is 5.26 Å². The Morgan fingerprint density at radius 3 is 2.50 bits per heavy atom. The number of amides is 1. The molecule has 2 heterocycles. The molecular weight excluding hydrogens is 407 g/mol. The van der Waals surface area contributed by atoms with E-state index >= 15 is 0 Å². The summed E-state index contributed by atoms with van der Waals surface area (Å²) < 4.78 is 14.9. The third-order valence-electron chi connectivity index (χ3n) is 5.49. The minimum atomic E-state index is -0.320. The van der Waals surface area contributed by atoms with Gasteiger partial charge in [-0.1, -0.05) is 0 Å². The van der Waals surface area contributed by atoms with E-state index in [9.17, 15) is 9.18 Å². The van der Waals surface area contributed by atoms with Crippen molar-refractivity contribution in [2.75, 3.05) is 42.9 Å². The monoisotopic (exact) mass is 432 g/mol. The van der Waals surface area contributed by atoms with E-state index in [1.807, 2.05) is 31.2 Å². The van der Waals surface area contributed by atoms with E-state index < -0.39 is 0 Å². The van der Waals surface area contributed by atoms with Gasteiger partial charge >= 0.3 is 0 Å². The molecule has 2 aromatic carbocycles. The zero-order valence-electron chi connectivity index (χ0n) is 18.0. The van der Waals surface area contributed by atoms with Gasteiger partial charge in [-0.25, -0.2) is 9.07 Å². The molecule has 7 nitrogen and oxygen atoms in total. The van der Waals surface area contributed by atoms with Crippen LogP contribution in [0.5, 0.6) is 0 Å². The van der Waals surface area contributed by atoms with E-state index in [1.54, 1.807) is 22.9 Å². The summed E-state index contributed by atoms with van der Waals surface area (Å²) in [7, 11) is 0. The second kappa shape index (κ2) is 9.62. The summed E-state index contributed by atoms with van der Waals surface area (Å²) in [6, 6.07) is 17.5. The molecule has 0 bridgehead atoms. The van der Waals surface area contributed by atoms with Crippen molar-refractivity contribution in [1.29, 1.82) is 5.26 Å². The zero-order chi connectivity index (χ0) is 22.5. The van der Waals surface area contributed by atoms with Crippen LogP contribution >= 0.6 is 0 Å². The first-order valence-corrected chi connectivity index (χ1v) is 10.6. The lowest BCUT2D eigenvalue weighted by Gasteiger charge is -2.23. The largest absolute Gasteiger partial charge is 0.370 e. The molecule has 0 radical (unpaired) electrons. The highest BCUT2D eigenvalue weighted by Crippen LogP contribution is 2.19. The molecule has 8 heteroatoms. The fourth-order valence-corrected chi connectivity index (χ4v) is 3.89. The summed E-state index contributed by atoms with van der Waals surface area (Å²) in [5.41, 5.74) is 3.19. The van der Waals surface area contributed by atoms with Crippen LogP contribution in [0, 0.1) is 24.1 Å².